The molecule has 0 aromatic carbocycles. The van der Waals surface area contributed by atoms with E-state index in [4.69, 9.17) is 0 Å². The molecule has 2 saturated carbocycles. The normalized spacial score (nSPS) is 40.2. The van der Waals surface area contributed by atoms with Crippen LogP contribution in [-0.2, 0) is 0 Å². The first-order chi connectivity index (χ1) is 11.4. The molecule has 4 fully saturated rings. The van der Waals surface area contributed by atoms with Gasteiger partial charge in [-0.2, -0.15) is 11.8 Å². The number of hydrogen-bond donors (Lipinski definition) is 2. The van der Waals surface area contributed by atoms with E-state index in [9.17, 15) is 0 Å². The summed E-state index contributed by atoms with van der Waals surface area (Å²) in [5.74, 6) is 0. The van der Waals surface area contributed by atoms with E-state index in [0.29, 0.717) is 0 Å². The molecule has 4 atom stereocenters. The Morgan fingerprint density at radius 3 is 1.35 bits per heavy atom. The molecule has 2 nitrogen and oxygen atoms in total. The van der Waals surface area contributed by atoms with E-state index >= 15 is 0 Å². The van der Waals surface area contributed by atoms with Crippen molar-refractivity contribution in [2.24, 2.45) is 0 Å². The van der Waals surface area contributed by atoms with Gasteiger partial charge in [0, 0.05) is 34.7 Å². The van der Waals surface area contributed by atoms with E-state index in [1.165, 1.54) is 89.9 Å². The Labute approximate surface area is 147 Å². The van der Waals surface area contributed by atoms with Crippen molar-refractivity contribution < 1.29 is 0 Å². The van der Waals surface area contributed by atoms with E-state index in [-0.39, 0.29) is 0 Å². The second kappa shape index (κ2) is 8.10. The van der Waals surface area contributed by atoms with Crippen molar-refractivity contribution in [1.82, 2.24) is 10.6 Å². The first-order valence-corrected chi connectivity index (χ1v) is 11.5. The van der Waals surface area contributed by atoms with Gasteiger partial charge in [0.15, 0.2) is 0 Å². The van der Waals surface area contributed by atoms with Crippen LogP contribution in [0.2, 0.25) is 0 Å². The van der Waals surface area contributed by atoms with E-state index in [1.54, 1.807) is 0 Å². The summed E-state index contributed by atoms with van der Waals surface area (Å²) in [6.45, 7) is 0. The summed E-state index contributed by atoms with van der Waals surface area (Å²) in [6.07, 6.45) is 20.2. The van der Waals surface area contributed by atoms with Gasteiger partial charge < -0.3 is 10.6 Å². The minimum Gasteiger partial charge on any atom is -0.310 e. The summed E-state index contributed by atoms with van der Waals surface area (Å²) in [6, 6.07) is 3.30. The minimum absolute atomic E-state index is 0.815. The predicted molar refractivity (Wildman–Crippen MR) is 101 cm³/mol. The number of fused-ring (bicyclic) bond motifs is 2. The first-order valence-electron chi connectivity index (χ1n) is 10.6. The highest BCUT2D eigenvalue weighted by atomic mass is 32.2. The molecule has 2 bridgehead atoms. The topological polar surface area (TPSA) is 24.1 Å². The van der Waals surface area contributed by atoms with Gasteiger partial charge in [-0.15, -0.1) is 0 Å². The lowest BCUT2D eigenvalue weighted by Crippen LogP contribution is -2.55. The molecule has 2 aliphatic heterocycles. The van der Waals surface area contributed by atoms with Crippen molar-refractivity contribution in [1.29, 1.82) is 0 Å². The quantitative estimate of drug-likeness (QED) is 0.783. The van der Waals surface area contributed by atoms with Crippen LogP contribution in [0.4, 0.5) is 0 Å². The lowest BCUT2D eigenvalue weighted by atomic mass is 9.88. The molecule has 2 saturated heterocycles. The molecule has 4 rings (SSSR count). The molecule has 0 amide bonds. The molecule has 2 aliphatic carbocycles. The molecule has 0 radical (unpaired) electrons. The van der Waals surface area contributed by atoms with E-state index in [1.807, 2.05) is 0 Å². The molecular formula is C20H36N2S. The Kier molecular flexibility index (Phi) is 5.89. The largest absolute Gasteiger partial charge is 0.310 e. The average molecular weight is 337 g/mol. The van der Waals surface area contributed by atoms with Crippen LogP contribution in [0.3, 0.4) is 0 Å². The van der Waals surface area contributed by atoms with Crippen LogP contribution in [0.15, 0.2) is 0 Å². The summed E-state index contributed by atoms with van der Waals surface area (Å²) in [5, 5.41) is 9.94. The fourth-order valence-corrected chi connectivity index (χ4v) is 7.34. The Bertz CT molecular complexity index is 329. The number of nitrogens with one attached hydrogen (secondary N) is 2. The summed E-state index contributed by atoms with van der Waals surface area (Å²) in [4.78, 5) is 0. The standard InChI is InChI=1S/C20H36N2S/c1-3-7-15(8-4-1)21-17-11-13-20-18(12-14-19(17)23-20)22-16-9-5-2-6-10-16/h15-22H,1-14H2/t17-,18-,19-,20+/m0/s1. The summed E-state index contributed by atoms with van der Waals surface area (Å²) < 4.78 is 0. The number of thioether (sulfide) groups is 1. The van der Waals surface area contributed by atoms with Gasteiger partial charge >= 0.3 is 0 Å². The van der Waals surface area contributed by atoms with E-state index in [2.05, 4.69) is 22.4 Å². The third kappa shape index (κ3) is 4.27. The van der Waals surface area contributed by atoms with Crippen molar-refractivity contribution in [3.8, 4) is 0 Å². The monoisotopic (exact) mass is 336 g/mol. The molecule has 4 aliphatic rings. The summed E-state index contributed by atoms with van der Waals surface area (Å²) in [7, 11) is 0. The molecule has 23 heavy (non-hydrogen) atoms. The predicted octanol–water partition coefficient (Wildman–Crippen LogP) is 4.63. The number of hydrogen-bond acceptors (Lipinski definition) is 3. The summed E-state index contributed by atoms with van der Waals surface area (Å²) >= 11 is 2.34. The molecule has 3 heteroatoms. The Morgan fingerprint density at radius 2 is 0.913 bits per heavy atom. The van der Waals surface area contributed by atoms with Crippen LogP contribution in [0.25, 0.3) is 0 Å². The van der Waals surface area contributed by atoms with Gasteiger partial charge in [-0.05, 0) is 51.4 Å². The third-order valence-corrected chi connectivity index (χ3v) is 8.71. The van der Waals surface area contributed by atoms with Gasteiger partial charge in [0.1, 0.15) is 0 Å². The lowest BCUT2D eigenvalue weighted by molar-refractivity contribution is 0.262. The zero-order valence-corrected chi connectivity index (χ0v) is 15.6. The Hall–Kier alpha value is 0.270. The second-order valence-corrected chi connectivity index (χ2v) is 10.1. The molecule has 132 valence electrons. The highest BCUT2D eigenvalue weighted by molar-refractivity contribution is 8.00. The van der Waals surface area contributed by atoms with Crippen molar-refractivity contribution >= 4 is 11.8 Å². The van der Waals surface area contributed by atoms with Gasteiger partial charge in [-0.25, -0.2) is 0 Å². The molecule has 0 aromatic heterocycles. The molecule has 2 N–H and O–H groups in total. The maximum Gasteiger partial charge on any atom is 0.0205 e. The zero-order chi connectivity index (χ0) is 15.5. The Morgan fingerprint density at radius 1 is 0.478 bits per heavy atom. The maximum atomic E-state index is 4.07. The number of rotatable bonds is 4. The summed E-state index contributed by atoms with van der Waals surface area (Å²) in [5.41, 5.74) is 0. The molecule has 0 aromatic rings. The van der Waals surface area contributed by atoms with Crippen molar-refractivity contribution in [2.75, 3.05) is 0 Å². The fraction of sp³-hybridized carbons (Fsp3) is 1.00. The van der Waals surface area contributed by atoms with Gasteiger partial charge in [0.2, 0.25) is 0 Å². The molecule has 0 spiro atoms. The van der Waals surface area contributed by atoms with Crippen LogP contribution >= 0.6 is 11.8 Å². The van der Waals surface area contributed by atoms with Crippen molar-refractivity contribution in [3.05, 3.63) is 0 Å². The maximum absolute atomic E-state index is 4.07. The van der Waals surface area contributed by atoms with Gasteiger partial charge in [-0.1, -0.05) is 38.5 Å². The highest BCUT2D eigenvalue weighted by Crippen LogP contribution is 2.42. The van der Waals surface area contributed by atoms with Crippen LogP contribution < -0.4 is 10.6 Å². The van der Waals surface area contributed by atoms with Crippen LogP contribution in [-0.4, -0.2) is 34.7 Å². The second-order valence-electron chi connectivity index (χ2n) is 8.58. The van der Waals surface area contributed by atoms with Crippen LogP contribution in [0, 0.1) is 0 Å². The Balaban J connectivity index is 1.26. The first kappa shape index (κ1) is 16.7. The van der Waals surface area contributed by atoms with Gasteiger partial charge in [-0.3, -0.25) is 0 Å². The fourth-order valence-electron chi connectivity index (χ4n) is 5.54. The molecular weight excluding hydrogens is 300 g/mol. The molecule has 0 unspecified atom stereocenters. The zero-order valence-electron chi connectivity index (χ0n) is 14.8. The van der Waals surface area contributed by atoms with Crippen LogP contribution in [0.1, 0.15) is 89.9 Å². The van der Waals surface area contributed by atoms with Crippen LogP contribution in [0.5, 0.6) is 0 Å². The van der Waals surface area contributed by atoms with Gasteiger partial charge in [0.05, 0.1) is 0 Å². The SMILES string of the molecule is C1CCC(N[C@H]2CC[C@H]3S[C@H]2CC[C@@H]3NC2CCCCC2)CC1. The molecule has 2 heterocycles. The van der Waals surface area contributed by atoms with E-state index < -0.39 is 0 Å². The van der Waals surface area contributed by atoms with Crippen molar-refractivity contribution in [3.63, 3.8) is 0 Å². The van der Waals surface area contributed by atoms with Gasteiger partial charge in [0.25, 0.3) is 0 Å². The third-order valence-electron chi connectivity index (χ3n) is 6.88. The van der Waals surface area contributed by atoms with E-state index in [0.717, 1.165) is 34.7 Å². The highest BCUT2D eigenvalue weighted by Gasteiger charge is 2.40. The minimum atomic E-state index is 0.815. The lowest BCUT2D eigenvalue weighted by Gasteiger charge is -2.46. The smallest absolute Gasteiger partial charge is 0.0205 e. The van der Waals surface area contributed by atoms with Crippen molar-refractivity contribution in [2.45, 2.75) is 125 Å². The average Bonchev–Trinajstić information content (AvgIpc) is 2.61.